The highest BCUT2D eigenvalue weighted by atomic mass is 16.5. The van der Waals surface area contributed by atoms with E-state index in [1.54, 1.807) is 12.1 Å². The number of esters is 1. The topological polar surface area (TPSA) is 59.4 Å². The average Bonchev–Trinajstić information content (AvgIpc) is 2.28. The Hall–Kier alpha value is -2.10. The zero-order chi connectivity index (χ0) is 11.7. The summed E-state index contributed by atoms with van der Waals surface area (Å²) in [5, 5.41) is 10.2. The Kier molecular flexibility index (Phi) is 2.48. The van der Waals surface area contributed by atoms with Gasteiger partial charge in [0, 0.05) is 5.39 Å². The van der Waals surface area contributed by atoms with Crippen LogP contribution in [0.2, 0.25) is 0 Å². The lowest BCUT2D eigenvalue weighted by atomic mass is 10.1. The van der Waals surface area contributed by atoms with Crippen LogP contribution < -0.4 is 0 Å². The summed E-state index contributed by atoms with van der Waals surface area (Å²) in [4.78, 5) is 15.6. The van der Waals surface area contributed by atoms with Crippen molar-refractivity contribution in [3.8, 4) is 5.75 Å². The number of carbonyl (C=O) groups excluding carboxylic acids is 1. The standard InChI is InChI=1S/C12H11NO3/c1-7-3-4-9-8(5-7)11(12(15)16-2)10(14)6-13-9/h3-6,14H,1-2H3. The first-order valence-electron chi connectivity index (χ1n) is 4.80. The average molecular weight is 217 g/mol. The maximum atomic E-state index is 11.5. The van der Waals surface area contributed by atoms with E-state index in [1.165, 1.54) is 13.3 Å². The summed E-state index contributed by atoms with van der Waals surface area (Å²) in [6, 6.07) is 5.50. The minimum Gasteiger partial charge on any atom is -0.505 e. The number of aromatic hydroxyl groups is 1. The highest BCUT2D eigenvalue weighted by Crippen LogP contribution is 2.26. The van der Waals surface area contributed by atoms with Crippen molar-refractivity contribution in [1.29, 1.82) is 0 Å². The second kappa shape index (κ2) is 3.81. The molecule has 2 aromatic rings. The molecular formula is C12H11NO3. The van der Waals surface area contributed by atoms with Gasteiger partial charge in [0.1, 0.15) is 11.3 Å². The number of benzene rings is 1. The SMILES string of the molecule is COC(=O)c1c(O)cnc2ccc(C)cc12. The summed E-state index contributed by atoms with van der Waals surface area (Å²) >= 11 is 0. The lowest BCUT2D eigenvalue weighted by Gasteiger charge is -2.07. The third-order valence-electron chi connectivity index (χ3n) is 2.39. The molecule has 0 spiro atoms. The maximum absolute atomic E-state index is 11.5. The van der Waals surface area contributed by atoms with Crippen LogP contribution >= 0.6 is 0 Å². The van der Waals surface area contributed by atoms with Crippen molar-refractivity contribution in [3.05, 3.63) is 35.5 Å². The van der Waals surface area contributed by atoms with E-state index in [-0.39, 0.29) is 11.3 Å². The maximum Gasteiger partial charge on any atom is 0.342 e. The fraction of sp³-hybridized carbons (Fsp3) is 0.167. The minimum absolute atomic E-state index is 0.162. The van der Waals surface area contributed by atoms with E-state index < -0.39 is 5.97 Å². The van der Waals surface area contributed by atoms with Crippen LogP contribution in [-0.2, 0) is 4.74 Å². The zero-order valence-electron chi connectivity index (χ0n) is 9.02. The number of fused-ring (bicyclic) bond motifs is 1. The zero-order valence-corrected chi connectivity index (χ0v) is 9.02. The molecule has 0 amide bonds. The van der Waals surface area contributed by atoms with E-state index in [1.807, 2.05) is 13.0 Å². The van der Waals surface area contributed by atoms with Crippen molar-refractivity contribution >= 4 is 16.9 Å². The smallest absolute Gasteiger partial charge is 0.342 e. The molecule has 0 aliphatic carbocycles. The van der Waals surface area contributed by atoms with E-state index in [4.69, 9.17) is 0 Å². The van der Waals surface area contributed by atoms with Gasteiger partial charge in [-0.2, -0.15) is 0 Å². The van der Waals surface area contributed by atoms with Gasteiger partial charge in [-0.1, -0.05) is 11.6 Å². The predicted molar refractivity (Wildman–Crippen MR) is 59.5 cm³/mol. The third-order valence-corrected chi connectivity index (χ3v) is 2.39. The summed E-state index contributed by atoms with van der Waals surface area (Å²) in [5.74, 6) is -0.722. The van der Waals surface area contributed by atoms with Gasteiger partial charge in [-0.3, -0.25) is 4.98 Å². The molecule has 0 unspecified atom stereocenters. The molecule has 0 aliphatic rings. The number of pyridine rings is 1. The Morgan fingerprint density at radius 2 is 2.19 bits per heavy atom. The molecule has 2 rings (SSSR count). The Labute approximate surface area is 92.5 Å². The summed E-state index contributed by atoms with van der Waals surface area (Å²) in [7, 11) is 1.28. The number of nitrogens with zero attached hydrogens (tertiary/aromatic N) is 1. The molecule has 4 nitrogen and oxygen atoms in total. The Balaban J connectivity index is 2.82. The van der Waals surface area contributed by atoms with Crippen molar-refractivity contribution in [2.45, 2.75) is 6.92 Å². The van der Waals surface area contributed by atoms with Crippen LogP contribution in [-0.4, -0.2) is 23.2 Å². The monoisotopic (exact) mass is 217 g/mol. The number of aryl methyl sites for hydroxylation is 1. The number of hydrogen-bond donors (Lipinski definition) is 1. The Bertz CT molecular complexity index is 558. The molecular weight excluding hydrogens is 206 g/mol. The molecule has 0 radical (unpaired) electrons. The molecule has 1 aromatic carbocycles. The van der Waals surface area contributed by atoms with Crippen molar-refractivity contribution in [2.75, 3.05) is 7.11 Å². The molecule has 4 heteroatoms. The van der Waals surface area contributed by atoms with Crippen LogP contribution in [0.5, 0.6) is 5.75 Å². The second-order valence-electron chi connectivity index (χ2n) is 3.53. The van der Waals surface area contributed by atoms with Crippen LogP contribution in [0.15, 0.2) is 24.4 Å². The van der Waals surface area contributed by atoms with Crippen LogP contribution in [0.1, 0.15) is 15.9 Å². The number of ether oxygens (including phenoxy) is 1. The van der Waals surface area contributed by atoms with Gasteiger partial charge < -0.3 is 9.84 Å². The molecule has 0 atom stereocenters. The normalized spacial score (nSPS) is 10.4. The van der Waals surface area contributed by atoms with Crippen LogP contribution in [0.4, 0.5) is 0 Å². The highest BCUT2D eigenvalue weighted by Gasteiger charge is 2.16. The molecule has 0 saturated heterocycles. The molecule has 1 heterocycles. The fourth-order valence-electron chi connectivity index (χ4n) is 1.61. The van der Waals surface area contributed by atoms with Crippen LogP contribution in [0, 0.1) is 6.92 Å². The summed E-state index contributed by atoms with van der Waals surface area (Å²) in [6.45, 7) is 1.91. The first kappa shape index (κ1) is 10.4. The van der Waals surface area contributed by atoms with E-state index in [0.717, 1.165) is 5.56 Å². The van der Waals surface area contributed by atoms with Crippen molar-refractivity contribution in [1.82, 2.24) is 4.98 Å². The molecule has 1 N–H and O–H groups in total. The third kappa shape index (κ3) is 1.58. The number of rotatable bonds is 1. The number of hydrogen-bond acceptors (Lipinski definition) is 4. The lowest BCUT2D eigenvalue weighted by molar-refractivity contribution is 0.0599. The van der Waals surface area contributed by atoms with Gasteiger partial charge in [0.05, 0.1) is 18.8 Å². The summed E-state index contributed by atoms with van der Waals surface area (Å²) < 4.78 is 4.64. The van der Waals surface area contributed by atoms with Gasteiger partial charge >= 0.3 is 5.97 Å². The van der Waals surface area contributed by atoms with Crippen LogP contribution in [0.25, 0.3) is 10.9 Å². The number of carbonyl (C=O) groups is 1. The van der Waals surface area contributed by atoms with Crippen molar-refractivity contribution in [2.24, 2.45) is 0 Å². The highest BCUT2D eigenvalue weighted by molar-refractivity contribution is 6.05. The summed E-state index contributed by atoms with van der Waals surface area (Å²) in [6.07, 6.45) is 1.25. The number of methoxy groups -OCH3 is 1. The van der Waals surface area contributed by atoms with Crippen molar-refractivity contribution in [3.63, 3.8) is 0 Å². The fourth-order valence-corrected chi connectivity index (χ4v) is 1.61. The van der Waals surface area contributed by atoms with Gasteiger partial charge in [-0.15, -0.1) is 0 Å². The molecule has 0 aliphatic heterocycles. The lowest BCUT2D eigenvalue weighted by Crippen LogP contribution is -2.03. The predicted octanol–water partition coefficient (Wildman–Crippen LogP) is 2.04. The molecule has 16 heavy (non-hydrogen) atoms. The van der Waals surface area contributed by atoms with E-state index in [9.17, 15) is 9.90 Å². The first-order chi connectivity index (χ1) is 7.63. The molecule has 0 fully saturated rings. The summed E-state index contributed by atoms with van der Waals surface area (Å²) in [5.41, 5.74) is 1.81. The van der Waals surface area contributed by atoms with Gasteiger partial charge in [0.25, 0.3) is 0 Å². The van der Waals surface area contributed by atoms with E-state index in [2.05, 4.69) is 9.72 Å². The minimum atomic E-state index is -0.560. The quantitative estimate of drug-likeness (QED) is 0.742. The van der Waals surface area contributed by atoms with Gasteiger partial charge in [0.2, 0.25) is 0 Å². The second-order valence-corrected chi connectivity index (χ2v) is 3.53. The van der Waals surface area contributed by atoms with E-state index >= 15 is 0 Å². The van der Waals surface area contributed by atoms with Gasteiger partial charge in [-0.05, 0) is 19.1 Å². The van der Waals surface area contributed by atoms with Gasteiger partial charge in [-0.25, -0.2) is 4.79 Å². The van der Waals surface area contributed by atoms with Crippen LogP contribution in [0.3, 0.4) is 0 Å². The number of aromatic nitrogens is 1. The van der Waals surface area contributed by atoms with Crippen molar-refractivity contribution < 1.29 is 14.6 Å². The first-order valence-corrected chi connectivity index (χ1v) is 4.80. The molecule has 82 valence electrons. The Morgan fingerprint density at radius 1 is 1.44 bits per heavy atom. The Morgan fingerprint density at radius 3 is 2.88 bits per heavy atom. The molecule has 0 bridgehead atoms. The van der Waals surface area contributed by atoms with E-state index in [0.29, 0.717) is 10.9 Å². The van der Waals surface area contributed by atoms with Gasteiger partial charge in [0.15, 0.2) is 0 Å². The molecule has 1 aromatic heterocycles. The molecule has 0 saturated carbocycles. The largest absolute Gasteiger partial charge is 0.505 e.